The van der Waals surface area contributed by atoms with Crippen LogP contribution in [0, 0.1) is 20.8 Å². The minimum absolute atomic E-state index is 0.310. The number of ether oxygens (including phenoxy) is 2. The van der Waals surface area contributed by atoms with E-state index in [1.54, 1.807) is 0 Å². The molecule has 1 heterocycles. The minimum atomic E-state index is -0.310. The lowest BCUT2D eigenvalue weighted by molar-refractivity contribution is 0.0525. The predicted molar refractivity (Wildman–Crippen MR) is 166 cm³/mol. The molecule has 0 radical (unpaired) electrons. The fourth-order valence-electron chi connectivity index (χ4n) is 4.81. The molecule has 5 rings (SSSR count). The molecule has 1 aromatic heterocycles. The number of rotatable bonds is 11. The molecule has 0 saturated carbocycles. The van der Waals surface area contributed by atoms with Crippen LogP contribution in [0.5, 0.6) is 5.75 Å². The summed E-state index contributed by atoms with van der Waals surface area (Å²) in [6.45, 7) is 9.29. The average Bonchev–Trinajstić information content (AvgIpc) is 3.38. The van der Waals surface area contributed by atoms with E-state index in [4.69, 9.17) is 13.9 Å². The van der Waals surface area contributed by atoms with Crippen LogP contribution in [-0.2, 0) is 17.7 Å². The fraction of sp³-hybridized carbons (Fsp3) is 0.222. The van der Waals surface area contributed by atoms with Gasteiger partial charge in [0.05, 0.1) is 24.5 Å². The number of anilines is 2. The Morgan fingerprint density at radius 1 is 0.833 bits per heavy atom. The monoisotopic (exact) mass is 560 g/mol. The van der Waals surface area contributed by atoms with Crippen molar-refractivity contribution in [2.45, 2.75) is 40.7 Å². The topological polar surface area (TPSA) is 64.8 Å². The molecule has 214 valence electrons. The maximum Gasteiger partial charge on any atom is 0.338 e. The summed E-state index contributed by atoms with van der Waals surface area (Å²) in [6.07, 6.45) is 0.642. The first-order valence-corrected chi connectivity index (χ1v) is 14.3. The number of hydrogen-bond acceptors (Lipinski definition) is 6. The van der Waals surface area contributed by atoms with Gasteiger partial charge in [-0.1, -0.05) is 42.5 Å². The first-order chi connectivity index (χ1) is 20.4. The van der Waals surface area contributed by atoms with Gasteiger partial charge < -0.3 is 18.8 Å². The number of carbonyl (C=O) groups is 1. The molecule has 0 aliphatic rings. The lowest BCUT2D eigenvalue weighted by Crippen LogP contribution is -2.19. The predicted octanol–water partition coefficient (Wildman–Crippen LogP) is 8.40. The summed E-state index contributed by atoms with van der Waals surface area (Å²) in [6, 6.07) is 32.0. The molecule has 6 nitrogen and oxygen atoms in total. The van der Waals surface area contributed by atoms with Crippen molar-refractivity contribution in [3.8, 4) is 17.2 Å². The van der Waals surface area contributed by atoms with Crippen LogP contribution >= 0.6 is 0 Å². The lowest BCUT2D eigenvalue weighted by Gasteiger charge is -2.27. The van der Waals surface area contributed by atoms with Crippen molar-refractivity contribution in [2.24, 2.45) is 0 Å². The number of oxazole rings is 1. The van der Waals surface area contributed by atoms with E-state index >= 15 is 0 Å². The van der Waals surface area contributed by atoms with Gasteiger partial charge in [0.2, 0.25) is 5.89 Å². The summed E-state index contributed by atoms with van der Waals surface area (Å²) >= 11 is 0. The van der Waals surface area contributed by atoms with E-state index in [2.05, 4.69) is 41.9 Å². The molecule has 0 spiro atoms. The second-order valence-corrected chi connectivity index (χ2v) is 10.2. The SMILES string of the molecule is CCOC(=O)c1ccccc1CN(c1ccc(OCCc2nc(-c3ccccc3)oc2C)cc1)c1ccc(C)c(C)c1. The third-order valence-corrected chi connectivity index (χ3v) is 7.31. The number of aryl methyl sites for hydroxylation is 3. The summed E-state index contributed by atoms with van der Waals surface area (Å²) < 4.78 is 17.3. The van der Waals surface area contributed by atoms with E-state index in [9.17, 15) is 4.79 Å². The second kappa shape index (κ2) is 13.2. The molecule has 6 heteroatoms. The smallest absolute Gasteiger partial charge is 0.338 e. The standard InChI is InChI=1S/C36H36N2O4/c1-5-40-36(39)33-14-10-9-13-29(33)24-38(31-16-15-25(2)26(3)23-31)30-17-19-32(20-18-30)41-22-21-34-27(4)42-35(37-34)28-11-7-6-8-12-28/h6-20,23H,5,21-22,24H2,1-4H3. The first kappa shape index (κ1) is 28.7. The van der Waals surface area contributed by atoms with Gasteiger partial charge in [-0.25, -0.2) is 9.78 Å². The zero-order valence-electron chi connectivity index (χ0n) is 24.6. The van der Waals surface area contributed by atoms with Crippen molar-refractivity contribution in [1.29, 1.82) is 0 Å². The zero-order valence-corrected chi connectivity index (χ0v) is 24.6. The maximum atomic E-state index is 12.7. The molecule has 0 bridgehead atoms. The van der Waals surface area contributed by atoms with Gasteiger partial charge in [0.25, 0.3) is 0 Å². The zero-order chi connectivity index (χ0) is 29.5. The van der Waals surface area contributed by atoms with E-state index in [1.807, 2.05) is 92.7 Å². The van der Waals surface area contributed by atoms with Crippen molar-refractivity contribution in [1.82, 2.24) is 4.98 Å². The fourth-order valence-corrected chi connectivity index (χ4v) is 4.81. The summed E-state index contributed by atoms with van der Waals surface area (Å²) in [5.74, 6) is 1.90. The maximum absolute atomic E-state index is 12.7. The molecule has 4 aromatic carbocycles. The highest BCUT2D eigenvalue weighted by Crippen LogP contribution is 2.31. The van der Waals surface area contributed by atoms with Gasteiger partial charge in [0, 0.05) is 29.9 Å². The van der Waals surface area contributed by atoms with Crippen molar-refractivity contribution < 1.29 is 18.7 Å². The van der Waals surface area contributed by atoms with Crippen LogP contribution in [0.2, 0.25) is 0 Å². The Kier molecular flexibility index (Phi) is 9.02. The molecule has 0 saturated heterocycles. The van der Waals surface area contributed by atoms with Gasteiger partial charge in [-0.2, -0.15) is 0 Å². The number of hydrogen-bond donors (Lipinski definition) is 0. The number of benzene rings is 4. The molecular formula is C36H36N2O4. The van der Waals surface area contributed by atoms with E-state index in [-0.39, 0.29) is 5.97 Å². The number of carbonyl (C=O) groups excluding carboxylic acids is 1. The second-order valence-electron chi connectivity index (χ2n) is 10.2. The highest BCUT2D eigenvalue weighted by molar-refractivity contribution is 5.91. The van der Waals surface area contributed by atoms with Gasteiger partial charge >= 0.3 is 5.97 Å². The van der Waals surface area contributed by atoms with E-state index in [0.717, 1.165) is 39.7 Å². The van der Waals surface area contributed by atoms with E-state index < -0.39 is 0 Å². The average molecular weight is 561 g/mol. The van der Waals surface area contributed by atoms with Crippen molar-refractivity contribution in [2.75, 3.05) is 18.1 Å². The van der Waals surface area contributed by atoms with Crippen LogP contribution in [0.25, 0.3) is 11.5 Å². The molecule has 0 fully saturated rings. The summed E-state index contributed by atoms with van der Waals surface area (Å²) in [5.41, 5.74) is 7.79. The Morgan fingerprint density at radius 2 is 1.55 bits per heavy atom. The number of nitrogens with zero attached hydrogens (tertiary/aromatic N) is 2. The van der Waals surface area contributed by atoms with E-state index in [0.29, 0.717) is 37.6 Å². The van der Waals surface area contributed by atoms with Crippen molar-refractivity contribution in [3.63, 3.8) is 0 Å². The van der Waals surface area contributed by atoms with Gasteiger partial charge in [-0.3, -0.25) is 0 Å². The van der Waals surface area contributed by atoms with Crippen LogP contribution in [-0.4, -0.2) is 24.2 Å². The summed E-state index contributed by atoms with van der Waals surface area (Å²) in [4.78, 5) is 19.6. The minimum Gasteiger partial charge on any atom is -0.493 e. The van der Waals surface area contributed by atoms with Crippen LogP contribution in [0.3, 0.4) is 0 Å². The van der Waals surface area contributed by atoms with Gasteiger partial charge in [-0.15, -0.1) is 0 Å². The molecule has 0 N–H and O–H groups in total. The largest absolute Gasteiger partial charge is 0.493 e. The molecule has 0 aliphatic carbocycles. The highest BCUT2D eigenvalue weighted by Gasteiger charge is 2.18. The lowest BCUT2D eigenvalue weighted by atomic mass is 10.0. The Labute approximate surface area is 247 Å². The highest BCUT2D eigenvalue weighted by atomic mass is 16.5. The Bertz CT molecular complexity index is 1640. The third kappa shape index (κ3) is 6.72. The molecule has 0 atom stereocenters. The van der Waals surface area contributed by atoms with Gasteiger partial charge in [0.15, 0.2) is 0 Å². The Morgan fingerprint density at radius 3 is 2.29 bits per heavy atom. The summed E-state index contributed by atoms with van der Waals surface area (Å²) in [5, 5.41) is 0. The van der Waals surface area contributed by atoms with E-state index in [1.165, 1.54) is 11.1 Å². The quantitative estimate of drug-likeness (QED) is 0.151. The van der Waals surface area contributed by atoms with Crippen LogP contribution in [0.4, 0.5) is 11.4 Å². The Balaban J connectivity index is 1.32. The van der Waals surface area contributed by atoms with Gasteiger partial charge in [-0.05, 0) is 99.0 Å². The number of esters is 1. The van der Waals surface area contributed by atoms with Crippen molar-refractivity contribution in [3.05, 3.63) is 131 Å². The van der Waals surface area contributed by atoms with Crippen LogP contribution < -0.4 is 9.64 Å². The molecule has 0 aliphatic heterocycles. The number of aromatic nitrogens is 1. The molecule has 0 amide bonds. The molecule has 42 heavy (non-hydrogen) atoms. The molecule has 5 aromatic rings. The third-order valence-electron chi connectivity index (χ3n) is 7.31. The molecular weight excluding hydrogens is 524 g/mol. The van der Waals surface area contributed by atoms with Crippen LogP contribution in [0.15, 0.2) is 101 Å². The normalized spacial score (nSPS) is 10.9. The van der Waals surface area contributed by atoms with Gasteiger partial charge in [0.1, 0.15) is 11.5 Å². The molecule has 0 unspecified atom stereocenters. The summed E-state index contributed by atoms with van der Waals surface area (Å²) in [7, 11) is 0. The Hall–Kier alpha value is -4.84. The van der Waals surface area contributed by atoms with Crippen LogP contribution in [0.1, 0.15) is 45.4 Å². The first-order valence-electron chi connectivity index (χ1n) is 14.3. The van der Waals surface area contributed by atoms with Crippen molar-refractivity contribution >= 4 is 17.3 Å².